The van der Waals surface area contributed by atoms with E-state index in [2.05, 4.69) is 36.3 Å². The first-order valence-corrected chi connectivity index (χ1v) is 7.51. The van der Waals surface area contributed by atoms with Crippen LogP contribution in [0.15, 0.2) is 23.2 Å². The summed E-state index contributed by atoms with van der Waals surface area (Å²) in [5.41, 5.74) is 6.98. The third kappa shape index (κ3) is 3.40. The summed E-state index contributed by atoms with van der Waals surface area (Å²) in [6, 6.07) is 6.63. The fourth-order valence-corrected chi connectivity index (χ4v) is 2.32. The third-order valence-electron chi connectivity index (χ3n) is 3.90. The summed E-state index contributed by atoms with van der Waals surface area (Å²) in [6.07, 6.45) is 2.39. The molecule has 0 spiro atoms. The van der Waals surface area contributed by atoms with E-state index >= 15 is 0 Å². The molecule has 0 amide bonds. The van der Waals surface area contributed by atoms with E-state index in [0.29, 0.717) is 31.8 Å². The maximum absolute atomic E-state index is 5.90. The summed E-state index contributed by atoms with van der Waals surface area (Å²) in [5.74, 6) is 2.18. The molecule has 0 saturated heterocycles. The fraction of sp³-hybridized carbons (Fsp3) is 0.562. The van der Waals surface area contributed by atoms with Crippen LogP contribution in [-0.2, 0) is 5.41 Å². The van der Waals surface area contributed by atoms with Gasteiger partial charge in [0.2, 0.25) is 0 Å². The van der Waals surface area contributed by atoms with Crippen molar-refractivity contribution >= 4 is 5.96 Å². The molecule has 1 aliphatic heterocycles. The number of nitrogens with one attached hydrogen (secondary N) is 1. The molecule has 1 aromatic rings. The second-order valence-corrected chi connectivity index (χ2v) is 6.36. The Hall–Kier alpha value is -1.91. The molecule has 0 radical (unpaired) electrons. The highest BCUT2D eigenvalue weighted by Crippen LogP contribution is 2.35. The van der Waals surface area contributed by atoms with E-state index in [1.165, 1.54) is 18.4 Å². The average molecular weight is 289 g/mol. The monoisotopic (exact) mass is 289 g/mol. The van der Waals surface area contributed by atoms with Crippen molar-refractivity contribution in [1.82, 2.24) is 5.32 Å². The van der Waals surface area contributed by atoms with E-state index in [9.17, 15) is 0 Å². The van der Waals surface area contributed by atoms with E-state index in [4.69, 9.17) is 15.2 Å². The lowest BCUT2D eigenvalue weighted by Crippen LogP contribution is -2.35. The van der Waals surface area contributed by atoms with E-state index < -0.39 is 0 Å². The second kappa shape index (κ2) is 5.47. The Morgan fingerprint density at radius 3 is 2.71 bits per heavy atom. The predicted octanol–water partition coefficient (Wildman–Crippen LogP) is 1.80. The van der Waals surface area contributed by atoms with Crippen molar-refractivity contribution in [3.8, 4) is 11.5 Å². The molecule has 1 saturated carbocycles. The van der Waals surface area contributed by atoms with Gasteiger partial charge >= 0.3 is 0 Å². The number of hydrogen-bond acceptors (Lipinski definition) is 3. The normalized spacial score (nSPS) is 18.5. The molecule has 21 heavy (non-hydrogen) atoms. The molecule has 114 valence electrons. The molecule has 2 aliphatic rings. The summed E-state index contributed by atoms with van der Waals surface area (Å²) in [4.78, 5) is 4.48. The number of hydrogen-bond donors (Lipinski definition) is 2. The van der Waals surface area contributed by atoms with Crippen molar-refractivity contribution in [2.24, 2.45) is 10.7 Å². The van der Waals surface area contributed by atoms with Crippen molar-refractivity contribution < 1.29 is 9.47 Å². The third-order valence-corrected chi connectivity index (χ3v) is 3.90. The van der Waals surface area contributed by atoms with Crippen molar-refractivity contribution in [2.45, 2.75) is 38.1 Å². The van der Waals surface area contributed by atoms with Gasteiger partial charge in [-0.2, -0.15) is 0 Å². The Bertz CT molecular complexity index is 550. The minimum absolute atomic E-state index is 0.105. The van der Waals surface area contributed by atoms with Crippen LogP contribution in [-0.4, -0.2) is 31.8 Å². The summed E-state index contributed by atoms with van der Waals surface area (Å²) in [6.45, 7) is 6.17. The van der Waals surface area contributed by atoms with Gasteiger partial charge in [-0.15, -0.1) is 0 Å². The molecular formula is C16H23N3O2. The van der Waals surface area contributed by atoms with E-state index in [-0.39, 0.29) is 5.41 Å². The molecule has 1 aliphatic carbocycles. The lowest BCUT2D eigenvalue weighted by atomic mass is 9.84. The van der Waals surface area contributed by atoms with Crippen LogP contribution < -0.4 is 20.5 Å². The van der Waals surface area contributed by atoms with Crippen molar-refractivity contribution in [3.05, 3.63) is 23.8 Å². The Labute approximate surface area is 125 Å². The molecule has 3 rings (SSSR count). The largest absolute Gasteiger partial charge is 0.486 e. The zero-order valence-electron chi connectivity index (χ0n) is 12.7. The second-order valence-electron chi connectivity index (χ2n) is 6.36. The van der Waals surface area contributed by atoms with Gasteiger partial charge in [-0.25, -0.2) is 0 Å². The van der Waals surface area contributed by atoms with Gasteiger partial charge in [0.05, 0.1) is 6.54 Å². The molecule has 3 N–H and O–H groups in total. The lowest BCUT2D eigenvalue weighted by molar-refractivity contribution is 0.171. The maximum atomic E-state index is 5.90. The van der Waals surface area contributed by atoms with Gasteiger partial charge < -0.3 is 20.5 Å². The van der Waals surface area contributed by atoms with Crippen LogP contribution in [0.2, 0.25) is 0 Å². The van der Waals surface area contributed by atoms with Crippen LogP contribution in [0.5, 0.6) is 11.5 Å². The molecule has 1 aromatic carbocycles. The first kappa shape index (κ1) is 14.0. The van der Waals surface area contributed by atoms with Crippen LogP contribution in [0.1, 0.15) is 32.3 Å². The van der Waals surface area contributed by atoms with Crippen molar-refractivity contribution in [3.63, 3.8) is 0 Å². The molecule has 0 aromatic heterocycles. The fourth-order valence-electron chi connectivity index (χ4n) is 2.32. The van der Waals surface area contributed by atoms with Crippen LogP contribution in [0.25, 0.3) is 0 Å². The molecule has 0 atom stereocenters. The van der Waals surface area contributed by atoms with E-state index in [0.717, 1.165) is 11.5 Å². The zero-order chi connectivity index (χ0) is 14.9. The molecule has 0 bridgehead atoms. The maximum Gasteiger partial charge on any atom is 0.188 e. The molecule has 1 heterocycles. The van der Waals surface area contributed by atoms with Gasteiger partial charge in [0.15, 0.2) is 17.5 Å². The quantitative estimate of drug-likeness (QED) is 0.655. The number of benzene rings is 1. The van der Waals surface area contributed by atoms with Gasteiger partial charge in [-0.05, 0) is 30.5 Å². The van der Waals surface area contributed by atoms with Crippen LogP contribution >= 0.6 is 0 Å². The van der Waals surface area contributed by atoms with Crippen LogP contribution in [0.3, 0.4) is 0 Å². The van der Waals surface area contributed by atoms with Gasteiger partial charge in [-0.1, -0.05) is 19.9 Å². The summed E-state index contributed by atoms with van der Waals surface area (Å²) >= 11 is 0. The van der Waals surface area contributed by atoms with Gasteiger partial charge in [0.25, 0.3) is 0 Å². The molecule has 5 heteroatoms. The van der Waals surface area contributed by atoms with E-state index in [1.807, 2.05) is 6.07 Å². The summed E-state index contributed by atoms with van der Waals surface area (Å²) in [5, 5.41) is 3.21. The minimum atomic E-state index is -0.105. The number of ether oxygens (including phenoxy) is 2. The highest BCUT2D eigenvalue weighted by atomic mass is 16.6. The van der Waals surface area contributed by atoms with Gasteiger partial charge in [0, 0.05) is 11.5 Å². The number of rotatable bonds is 4. The SMILES string of the molecule is CC(C)(CN=C(N)NC1CC1)c1ccc2c(c1)OCCO2. The van der Waals surface area contributed by atoms with Crippen LogP contribution in [0.4, 0.5) is 0 Å². The number of fused-ring (bicyclic) bond motifs is 1. The van der Waals surface area contributed by atoms with E-state index in [1.54, 1.807) is 0 Å². The van der Waals surface area contributed by atoms with Crippen LogP contribution in [0, 0.1) is 0 Å². The standard InChI is InChI=1S/C16H23N3O2/c1-16(2,10-18-15(17)19-12-4-5-12)11-3-6-13-14(9-11)21-8-7-20-13/h3,6,9,12H,4-5,7-8,10H2,1-2H3,(H3,17,18,19). The average Bonchev–Trinajstić information content (AvgIpc) is 3.29. The molecular weight excluding hydrogens is 266 g/mol. The highest BCUT2D eigenvalue weighted by Gasteiger charge is 2.24. The summed E-state index contributed by atoms with van der Waals surface area (Å²) < 4.78 is 11.2. The van der Waals surface area contributed by atoms with Crippen molar-refractivity contribution in [1.29, 1.82) is 0 Å². The topological polar surface area (TPSA) is 68.9 Å². The molecule has 5 nitrogen and oxygen atoms in total. The van der Waals surface area contributed by atoms with Gasteiger partial charge in [0.1, 0.15) is 13.2 Å². The number of guanidine groups is 1. The Kier molecular flexibility index (Phi) is 3.66. The van der Waals surface area contributed by atoms with Gasteiger partial charge in [-0.3, -0.25) is 4.99 Å². The molecule has 1 fully saturated rings. The Balaban J connectivity index is 1.71. The summed E-state index contributed by atoms with van der Waals surface area (Å²) in [7, 11) is 0. The zero-order valence-corrected chi connectivity index (χ0v) is 12.7. The van der Waals surface area contributed by atoms with Crippen molar-refractivity contribution in [2.75, 3.05) is 19.8 Å². The lowest BCUT2D eigenvalue weighted by Gasteiger charge is -2.26. The predicted molar refractivity (Wildman–Crippen MR) is 83.1 cm³/mol. The molecule has 0 unspecified atom stereocenters. The minimum Gasteiger partial charge on any atom is -0.486 e. The Morgan fingerprint density at radius 2 is 2.00 bits per heavy atom. The smallest absolute Gasteiger partial charge is 0.188 e. The number of aliphatic imine (C=N–C) groups is 1. The number of nitrogens with zero attached hydrogens (tertiary/aromatic N) is 1. The highest BCUT2D eigenvalue weighted by molar-refractivity contribution is 5.78. The number of nitrogens with two attached hydrogens (primary N) is 1. The first-order chi connectivity index (χ1) is 10.0. The first-order valence-electron chi connectivity index (χ1n) is 7.51. The Morgan fingerprint density at radius 1 is 1.29 bits per heavy atom.